The molecule has 0 unspecified atom stereocenters. The molecule has 0 spiro atoms. The van der Waals surface area contributed by atoms with Gasteiger partial charge in [-0.2, -0.15) is 0 Å². The highest BCUT2D eigenvalue weighted by atomic mass is 127. The van der Waals surface area contributed by atoms with Crippen LogP contribution in [0.25, 0.3) is 0 Å². The number of carbonyl (C=O) groups excluding carboxylic acids is 1. The summed E-state index contributed by atoms with van der Waals surface area (Å²) in [4.78, 5) is 14.5. The highest BCUT2D eigenvalue weighted by Gasteiger charge is 2.06. The molecule has 0 aromatic carbocycles. The average Bonchev–Trinajstić information content (AvgIpc) is 1.85. The number of primary amides is 1. The highest BCUT2D eigenvalue weighted by Crippen LogP contribution is 2.16. The average molecular weight is 327 g/mol. The molecule has 0 saturated heterocycles. The number of hydrogen-bond donors (Lipinski definition) is 1. The Morgan fingerprint density at radius 2 is 2.36 bits per heavy atom. The molecule has 1 rings (SSSR count). The molecule has 11 heavy (non-hydrogen) atoms. The lowest BCUT2D eigenvalue weighted by atomic mass is 10.3. The number of pyridine rings is 1. The van der Waals surface area contributed by atoms with Crippen LogP contribution >= 0.6 is 38.5 Å². The first-order valence-corrected chi connectivity index (χ1v) is 4.59. The fourth-order valence-electron chi connectivity index (χ4n) is 0.596. The monoisotopic (exact) mass is 326 g/mol. The largest absolute Gasteiger partial charge is 0.364 e. The minimum atomic E-state index is -0.520. The van der Waals surface area contributed by atoms with E-state index in [1.54, 1.807) is 12.3 Å². The second-order valence-corrected chi connectivity index (χ2v) is 3.95. The van der Waals surface area contributed by atoms with Crippen LogP contribution in [0.4, 0.5) is 0 Å². The van der Waals surface area contributed by atoms with E-state index in [-0.39, 0.29) is 5.69 Å². The highest BCUT2D eigenvalue weighted by molar-refractivity contribution is 14.1. The molecule has 1 aromatic heterocycles. The van der Waals surface area contributed by atoms with E-state index in [0.29, 0.717) is 4.47 Å². The minimum Gasteiger partial charge on any atom is -0.364 e. The van der Waals surface area contributed by atoms with Gasteiger partial charge in [0.1, 0.15) is 5.69 Å². The van der Waals surface area contributed by atoms with Gasteiger partial charge in [0.2, 0.25) is 0 Å². The zero-order valence-corrected chi connectivity index (χ0v) is 9.09. The van der Waals surface area contributed by atoms with Gasteiger partial charge in [0.25, 0.3) is 5.91 Å². The van der Waals surface area contributed by atoms with Gasteiger partial charge in [-0.25, -0.2) is 4.98 Å². The molecular formula is C6H4BrIN2O. The molecule has 1 aromatic rings. The van der Waals surface area contributed by atoms with Crippen LogP contribution in [0, 0.1) is 3.57 Å². The van der Waals surface area contributed by atoms with Gasteiger partial charge in [-0.1, -0.05) is 0 Å². The van der Waals surface area contributed by atoms with Crippen LogP contribution in [-0.2, 0) is 0 Å². The standard InChI is InChI=1S/C6H4BrIN2O/c7-4-1-3(8)2-10-5(4)6(9)11/h1-2H,(H2,9,11). The third kappa shape index (κ3) is 2.13. The number of nitrogens with zero attached hydrogens (tertiary/aromatic N) is 1. The van der Waals surface area contributed by atoms with Gasteiger partial charge >= 0.3 is 0 Å². The Morgan fingerprint density at radius 3 is 2.82 bits per heavy atom. The molecule has 0 atom stereocenters. The van der Waals surface area contributed by atoms with Crippen molar-refractivity contribution < 1.29 is 4.79 Å². The van der Waals surface area contributed by atoms with Crippen molar-refractivity contribution in [3.8, 4) is 0 Å². The van der Waals surface area contributed by atoms with Crippen LogP contribution < -0.4 is 5.73 Å². The van der Waals surface area contributed by atoms with Crippen LogP contribution in [0.1, 0.15) is 10.5 Å². The van der Waals surface area contributed by atoms with Crippen molar-refractivity contribution in [2.75, 3.05) is 0 Å². The molecule has 0 aliphatic rings. The summed E-state index contributed by atoms with van der Waals surface area (Å²) >= 11 is 5.28. The van der Waals surface area contributed by atoms with Gasteiger partial charge in [-0.3, -0.25) is 4.79 Å². The first-order chi connectivity index (χ1) is 5.11. The lowest BCUT2D eigenvalue weighted by Gasteiger charge is -1.97. The number of amides is 1. The maximum Gasteiger partial charge on any atom is 0.268 e. The molecule has 0 saturated carbocycles. The zero-order valence-electron chi connectivity index (χ0n) is 5.34. The lowest BCUT2D eigenvalue weighted by molar-refractivity contribution is 0.0995. The summed E-state index contributed by atoms with van der Waals surface area (Å²) < 4.78 is 1.59. The van der Waals surface area contributed by atoms with Crippen LogP contribution in [0.5, 0.6) is 0 Å². The van der Waals surface area contributed by atoms with Crippen molar-refractivity contribution in [2.24, 2.45) is 5.73 Å². The molecule has 3 nitrogen and oxygen atoms in total. The van der Waals surface area contributed by atoms with E-state index in [1.165, 1.54) is 0 Å². The number of rotatable bonds is 1. The van der Waals surface area contributed by atoms with E-state index < -0.39 is 5.91 Å². The number of halogens is 2. The number of nitrogens with two attached hydrogens (primary N) is 1. The molecule has 1 heterocycles. The molecule has 0 fully saturated rings. The van der Waals surface area contributed by atoms with Crippen molar-refractivity contribution in [3.05, 3.63) is 26.0 Å². The minimum absolute atomic E-state index is 0.269. The van der Waals surface area contributed by atoms with Crippen LogP contribution in [0.2, 0.25) is 0 Å². The fourth-order valence-corrected chi connectivity index (χ4v) is 2.02. The Balaban J connectivity index is 3.20. The van der Waals surface area contributed by atoms with E-state index in [1.807, 2.05) is 0 Å². The summed E-state index contributed by atoms with van der Waals surface area (Å²) in [7, 11) is 0. The number of aromatic nitrogens is 1. The predicted molar refractivity (Wildman–Crippen MR) is 53.2 cm³/mol. The fraction of sp³-hybridized carbons (Fsp3) is 0. The normalized spacial score (nSPS) is 9.64. The first kappa shape index (κ1) is 8.92. The summed E-state index contributed by atoms with van der Waals surface area (Å²) in [5.41, 5.74) is 5.30. The first-order valence-electron chi connectivity index (χ1n) is 2.72. The molecule has 0 aliphatic heterocycles. The smallest absolute Gasteiger partial charge is 0.268 e. The maximum absolute atomic E-state index is 10.7. The SMILES string of the molecule is NC(=O)c1ncc(I)cc1Br. The van der Waals surface area contributed by atoms with Gasteiger partial charge in [-0.15, -0.1) is 0 Å². The van der Waals surface area contributed by atoms with E-state index in [2.05, 4.69) is 43.5 Å². The predicted octanol–water partition coefficient (Wildman–Crippen LogP) is 1.55. The molecule has 0 aliphatic carbocycles. The summed E-state index contributed by atoms with van der Waals surface area (Å²) in [6.45, 7) is 0. The molecule has 58 valence electrons. The maximum atomic E-state index is 10.7. The molecule has 5 heteroatoms. The quantitative estimate of drug-likeness (QED) is 0.796. The van der Waals surface area contributed by atoms with Crippen LogP contribution in [0.15, 0.2) is 16.7 Å². The Labute approximate surface area is 85.6 Å². The van der Waals surface area contributed by atoms with Crippen molar-refractivity contribution in [1.82, 2.24) is 4.98 Å². The van der Waals surface area contributed by atoms with Gasteiger partial charge in [-0.05, 0) is 44.6 Å². The third-order valence-corrected chi connectivity index (χ3v) is 2.24. The van der Waals surface area contributed by atoms with Crippen LogP contribution in [-0.4, -0.2) is 10.9 Å². The third-order valence-electron chi connectivity index (χ3n) is 1.04. The number of carbonyl (C=O) groups is 1. The van der Waals surface area contributed by atoms with Crippen LogP contribution in [0.3, 0.4) is 0 Å². The lowest BCUT2D eigenvalue weighted by Crippen LogP contribution is -2.13. The Hall–Kier alpha value is -0.170. The molecule has 0 radical (unpaired) electrons. The Bertz CT molecular complexity index is 303. The molecule has 0 bridgehead atoms. The summed E-state index contributed by atoms with van der Waals surface area (Å²) in [5, 5.41) is 0. The van der Waals surface area contributed by atoms with E-state index in [4.69, 9.17) is 5.73 Å². The summed E-state index contributed by atoms with van der Waals surface area (Å²) in [6.07, 6.45) is 1.59. The molecule has 1 amide bonds. The van der Waals surface area contributed by atoms with E-state index in [9.17, 15) is 4.79 Å². The Kier molecular flexibility index (Phi) is 2.83. The van der Waals surface area contributed by atoms with Crippen molar-refractivity contribution in [1.29, 1.82) is 0 Å². The van der Waals surface area contributed by atoms with Crippen molar-refractivity contribution in [2.45, 2.75) is 0 Å². The van der Waals surface area contributed by atoms with Crippen molar-refractivity contribution >= 4 is 44.4 Å². The second-order valence-electron chi connectivity index (χ2n) is 1.85. The van der Waals surface area contributed by atoms with Gasteiger partial charge in [0.15, 0.2) is 0 Å². The topological polar surface area (TPSA) is 56.0 Å². The van der Waals surface area contributed by atoms with Crippen molar-refractivity contribution in [3.63, 3.8) is 0 Å². The Morgan fingerprint density at radius 1 is 1.73 bits per heavy atom. The molecule has 2 N–H and O–H groups in total. The molecular weight excluding hydrogens is 323 g/mol. The van der Waals surface area contributed by atoms with E-state index >= 15 is 0 Å². The summed E-state index contributed by atoms with van der Waals surface area (Å²) in [5.74, 6) is -0.520. The van der Waals surface area contributed by atoms with E-state index in [0.717, 1.165) is 3.57 Å². The second kappa shape index (κ2) is 3.48. The van der Waals surface area contributed by atoms with Gasteiger partial charge in [0.05, 0.1) is 0 Å². The van der Waals surface area contributed by atoms with Gasteiger partial charge in [0, 0.05) is 14.2 Å². The zero-order chi connectivity index (χ0) is 8.43. The number of hydrogen-bond acceptors (Lipinski definition) is 2. The summed E-state index contributed by atoms with van der Waals surface area (Å²) in [6, 6.07) is 1.79. The van der Waals surface area contributed by atoms with Gasteiger partial charge < -0.3 is 5.73 Å².